The van der Waals surface area contributed by atoms with Gasteiger partial charge in [-0.25, -0.2) is 0 Å². The third-order valence-electron chi connectivity index (χ3n) is 5.21. The molecule has 2 heterocycles. The van der Waals surface area contributed by atoms with Crippen molar-refractivity contribution in [2.75, 3.05) is 24.5 Å². The number of nitrogens with one attached hydrogen (secondary N) is 2. The van der Waals surface area contributed by atoms with Crippen molar-refractivity contribution in [3.05, 3.63) is 71.9 Å². The average Bonchev–Trinajstić information content (AvgIpc) is 3.33. The van der Waals surface area contributed by atoms with Crippen LogP contribution in [-0.4, -0.2) is 29.8 Å². The van der Waals surface area contributed by atoms with Gasteiger partial charge in [0.1, 0.15) is 0 Å². The van der Waals surface area contributed by atoms with E-state index in [0.29, 0.717) is 5.92 Å². The fraction of sp³-hybridized carbons (Fsp3) is 0.318. The summed E-state index contributed by atoms with van der Waals surface area (Å²) in [6.07, 6.45) is 3.19. The largest absolute Gasteiger partial charge is 0.371 e. The Morgan fingerprint density at radius 3 is 2.73 bits per heavy atom. The average molecular weight is 346 g/mol. The molecule has 0 radical (unpaired) electrons. The Kier molecular flexibility index (Phi) is 5.02. The van der Waals surface area contributed by atoms with E-state index in [9.17, 15) is 0 Å². The van der Waals surface area contributed by atoms with E-state index in [0.717, 1.165) is 31.9 Å². The van der Waals surface area contributed by atoms with E-state index in [4.69, 9.17) is 0 Å². The third kappa shape index (κ3) is 3.81. The molecule has 1 fully saturated rings. The van der Waals surface area contributed by atoms with Gasteiger partial charge in [-0.15, -0.1) is 0 Å². The van der Waals surface area contributed by atoms with E-state index in [1.807, 2.05) is 6.20 Å². The van der Waals surface area contributed by atoms with E-state index in [1.165, 1.54) is 28.8 Å². The lowest BCUT2D eigenvalue weighted by molar-refractivity contribution is 0.517. The quantitative estimate of drug-likeness (QED) is 0.709. The number of hydrogen-bond acceptors (Lipinski definition) is 3. The van der Waals surface area contributed by atoms with Crippen molar-refractivity contribution in [3.8, 4) is 11.3 Å². The predicted molar refractivity (Wildman–Crippen MR) is 107 cm³/mol. The lowest BCUT2D eigenvalue weighted by Gasteiger charge is -2.18. The summed E-state index contributed by atoms with van der Waals surface area (Å²) in [4.78, 5) is 2.49. The molecule has 0 saturated carbocycles. The summed E-state index contributed by atoms with van der Waals surface area (Å²) in [5, 5.41) is 11.0. The molecule has 134 valence electrons. The molecule has 3 aromatic rings. The number of anilines is 1. The predicted octanol–water partition coefficient (Wildman–Crippen LogP) is 4.00. The normalized spacial score (nSPS) is 17.0. The highest BCUT2D eigenvalue weighted by molar-refractivity contribution is 5.62. The first-order chi connectivity index (χ1) is 12.8. The second-order valence-corrected chi connectivity index (χ2v) is 7.20. The number of hydrogen-bond donors (Lipinski definition) is 2. The Hall–Kier alpha value is -2.59. The van der Waals surface area contributed by atoms with Crippen LogP contribution in [0, 0.1) is 12.8 Å². The number of aromatic nitrogens is 2. The van der Waals surface area contributed by atoms with Crippen LogP contribution in [0.25, 0.3) is 11.3 Å². The van der Waals surface area contributed by atoms with Crippen LogP contribution in [0.3, 0.4) is 0 Å². The molecule has 1 unspecified atom stereocenters. The van der Waals surface area contributed by atoms with Crippen LogP contribution in [0.1, 0.15) is 17.5 Å². The lowest BCUT2D eigenvalue weighted by Crippen LogP contribution is -2.26. The number of para-hydroxylation sites is 1. The van der Waals surface area contributed by atoms with Crippen LogP contribution in [-0.2, 0) is 6.54 Å². The molecule has 4 heteroatoms. The highest BCUT2D eigenvalue weighted by Gasteiger charge is 2.22. The lowest BCUT2D eigenvalue weighted by atomic mass is 10.1. The van der Waals surface area contributed by atoms with Crippen LogP contribution in [0.15, 0.2) is 60.8 Å². The zero-order valence-electron chi connectivity index (χ0n) is 15.3. The van der Waals surface area contributed by atoms with Crippen molar-refractivity contribution in [1.82, 2.24) is 15.5 Å². The van der Waals surface area contributed by atoms with Crippen LogP contribution in [0.2, 0.25) is 0 Å². The fourth-order valence-electron chi connectivity index (χ4n) is 3.70. The number of benzene rings is 2. The van der Waals surface area contributed by atoms with Gasteiger partial charge in [0.05, 0.1) is 11.9 Å². The molecule has 4 nitrogen and oxygen atoms in total. The molecule has 0 spiro atoms. The second-order valence-electron chi connectivity index (χ2n) is 7.20. The molecule has 0 bridgehead atoms. The fourth-order valence-corrected chi connectivity index (χ4v) is 3.70. The van der Waals surface area contributed by atoms with Crippen molar-refractivity contribution in [1.29, 1.82) is 0 Å². The summed E-state index contributed by atoms with van der Waals surface area (Å²) in [5.74, 6) is 0.699. The minimum absolute atomic E-state index is 0.699. The van der Waals surface area contributed by atoms with E-state index in [2.05, 4.69) is 81.9 Å². The molecular formula is C22H26N4. The molecular weight excluding hydrogens is 320 g/mol. The van der Waals surface area contributed by atoms with Crippen molar-refractivity contribution in [2.45, 2.75) is 19.9 Å². The van der Waals surface area contributed by atoms with Crippen molar-refractivity contribution >= 4 is 5.69 Å². The van der Waals surface area contributed by atoms with E-state index < -0.39 is 0 Å². The molecule has 2 aromatic carbocycles. The molecule has 26 heavy (non-hydrogen) atoms. The zero-order valence-corrected chi connectivity index (χ0v) is 15.3. The number of rotatable bonds is 6. The third-order valence-corrected chi connectivity index (χ3v) is 5.21. The number of nitrogens with zero attached hydrogens (tertiary/aromatic N) is 2. The summed E-state index contributed by atoms with van der Waals surface area (Å²) >= 11 is 0. The molecule has 1 aromatic heterocycles. The van der Waals surface area contributed by atoms with Gasteiger partial charge in [0.15, 0.2) is 0 Å². The Balaban J connectivity index is 1.31. The second kappa shape index (κ2) is 7.75. The Morgan fingerprint density at radius 1 is 1.12 bits per heavy atom. The smallest absolute Gasteiger partial charge is 0.0695 e. The summed E-state index contributed by atoms with van der Waals surface area (Å²) in [7, 11) is 0. The standard InChI is InChI=1S/C22H26N4/c1-17-7-9-19(10-8-17)22-20(15-24-25-22)14-23-13-18-11-12-26(16-18)21-5-3-2-4-6-21/h2-10,15,18,23H,11-14,16H2,1H3,(H,24,25). The maximum atomic E-state index is 4.25. The van der Waals surface area contributed by atoms with Gasteiger partial charge < -0.3 is 10.2 Å². The topological polar surface area (TPSA) is 44.0 Å². The van der Waals surface area contributed by atoms with E-state index in [-0.39, 0.29) is 0 Å². The summed E-state index contributed by atoms with van der Waals surface area (Å²) < 4.78 is 0. The Bertz CT molecular complexity index is 823. The molecule has 0 aliphatic carbocycles. The first kappa shape index (κ1) is 16.9. The molecule has 4 rings (SSSR count). The summed E-state index contributed by atoms with van der Waals surface area (Å²) in [5.41, 5.74) is 6.16. The van der Waals surface area contributed by atoms with Crippen LogP contribution in [0.5, 0.6) is 0 Å². The van der Waals surface area contributed by atoms with Gasteiger partial charge >= 0.3 is 0 Å². The van der Waals surface area contributed by atoms with Gasteiger partial charge in [-0.3, -0.25) is 5.10 Å². The first-order valence-electron chi connectivity index (χ1n) is 9.39. The van der Waals surface area contributed by atoms with Crippen LogP contribution < -0.4 is 10.2 Å². The van der Waals surface area contributed by atoms with Crippen molar-refractivity contribution < 1.29 is 0 Å². The number of aromatic amines is 1. The zero-order chi connectivity index (χ0) is 17.8. The summed E-state index contributed by atoms with van der Waals surface area (Å²) in [6.45, 7) is 6.28. The molecule has 1 aliphatic rings. The molecule has 2 N–H and O–H groups in total. The van der Waals surface area contributed by atoms with E-state index in [1.54, 1.807) is 0 Å². The monoisotopic (exact) mass is 346 g/mol. The minimum atomic E-state index is 0.699. The molecule has 0 amide bonds. The molecule has 1 aliphatic heterocycles. The van der Waals surface area contributed by atoms with Crippen molar-refractivity contribution in [3.63, 3.8) is 0 Å². The van der Waals surface area contributed by atoms with Gasteiger partial charge in [-0.05, 0) is 37.0 Å². The first-order valence-corrected chi connectivity index (χ1v) is 9.39. The number of aryl methyl sites for hydroxylation is 1. The van der Waals surface area contributed by atoms with Gasteiger partial charge in [0, 0.05) is 37.4 Å². The SMILES string of the molecule is Cc1ccc(-c2[nH]ncc2CNCC2CCN(c3ccccc3)C2)cc1. The van der Waals surface area contributed by atoms with Gasteiger partial charge in [0.25, 0.3) is 0 Å². The van der Waals surface area contributed by atoms with Crippen molar-refractivity contribution in [2.24, 2.45) is 5.92 Å². The van der Waals surface area contributed by atoms with Crippen LogP contribution in [0.4, 0.5) is 5.69 Å². The van der Waals surface area contributed by atoms with Gasteiger partial charge in [0.2, 0.25) is 0 Å². The van der Waals surface area contributed by atoms with Crippen LogP contribution >= 0.6 is 0 Å². The maximum absolute atomic E-state index is 4.25. The molecule has 1 atom stereocenters. The summed E-state index contributed by atoms with van der Waals surface area (Å²) in [6, 6.07) is 19.3. The minimum Gasteiger partial charge on any atom is -0.371 e. The maximum Gasteiger partial charge on any atom is 0.0695 e. The Morgan fingerprint density at radius 2 is 1.92 bits per heavy atom. The highest BCUT2D eigenvalue weighted by Crippen LogP contribution is 2.24. The number of H-pyrrole nitrogens is 1. The van der Waals surface area contributed by atoms with Gasteiger partial charge in [-0.1, -0.05) is 48.0 Å². The Labute approximate surface area is 155 Å². The van der Waals surface area contributed by atoms with Gasteiger partial charge in [-0.2, -0.15) is 5.10 Å². The molecule has 1 saturated heterocycles. The van der Waals surface area contributed by atoms with E-state index >= 15 is 0 Å². The highest BCUT2D eigenvalue weighted by atomic mass is 15.2.